The van der Waals surface area contributed by atoms with Crippen LogP contribution in [0.15, 0.2) is 5.38 Å². The Kier molecular flexibility index (Phi) is 4.04. The summed E-state index contributed by atoms with van der Waals surface area (Å²) in [6, 6.07) is 0. The Hall–Kier alpha value is -0.680. The minimum absolute atomic E-state index is 0.0935. The van der Waals surface area contributed by atoms with Crippen molar-refractivity contribution in [2.75, 3.05) is 11.9 Å². The summed E-state index contributed by atoms with van der Waals surface area (Å²) in [6.07, 6.45) is 0. The van der Waals surface area contributed by atoms with Gasteiger partial charge in [0.1, 0.15) is 0 Å². The van der Waals surface area contributed by atoms with Crippen LogP contribution >= 0.6 is 23.6 Å². The van der Waals surface area contributed by atoms with E-state index in [4.69, 9.17) is 12.2 Å². The number of rotatable bonds is 2. The van der Waals surface area contributed by atoms with Gasteiger partial charge in [0.25, 0.3) is 0 Å². The van der Waals surface area contributed by atoms with Crippen LogP contribution in [0.4, 0.5) is 5.13 Å². The molecule has 0 radical (unpaired) electrons. The van der Waals surface area contributed by atoms with E-state index in [1.165, 1.54) is 0 Å². The largest absolute Gasteiger partial charge is 0.363 e. The summed E-state index contributed by atoms with van der Waals surface area (Å²) in [5.41, 5.74) is 1.19. The lowest BCUT2D eigenvalue weighted by Crippen LogP contribution is -2.27. The number of hydrogen-bond acceptors (Lipinski definition) is 3. The number of thiazole rings is 1. The fourth-order valence-electron chi connectivity index (χ4n) is 0.978. The lowest BCUT2D eigenvalue weighted by molar-refractivity contribution is 0.573. The zero-order chi connectivity index (χ0) is 11.5. The number of nitrogens with zero attached hydrogens (tertiary/aromatic N) is 1. The van der Waals surface area contributed by atoms with Crippen LogP contribution in [0, 0.1) is 0 Å². The van der Waals surface area contributed by atoms with Gasteiger partial charge in [-0.05, 0) is 19.1 Å². The van der Waals surface area contributed by atoms with Gasteiger partial charge in [0.15, 0.2) is 10.2 Å². The fraction of sp³-hybridized carbons (Fsp3) is 0.600. The van der Waals surface area contributed by atoms with Gasteiger partial charge in [-0.1, -0.05) is 20.8 Å². The Balaban J connectivity index is 2.65. The van der Waals surface area contributed by atoms with Gasteiger partial charge in [-0.3, -0.25) is 0 Å². The van der Waals surface area contributed by atoms with Gasteiger partial charge >= 0.3 is 0 Å². The summed E-state index contributed by atoms with van der Waals surface area (Å²) >= 11 is 6.66. The van der Waals surface area contributed by atoms with E-state index in [2.05, 4.69) is 41.8 Å². The summed E-state index contributed by atoms with van der Waals surface area (Å²) < 4.78 is 0. The molecular formula is C10H17N3S2. The van der Waals surface area contributed by atoms with Gasteiger partial charge in [-0.2, -0.15) is 0 Å². The quantitative estimate of drug-likeness (QED) is 0.783. The highest BCUT2D eigenvalue weighted by Crippen LogP contribution is 2.26. The van der Waals surface area contributed by atoms with Crippen LogP contribution in [0.5, 0.6) is 0 Å². The van der Waals surface area contributed by atoms with Gasteiger partial charge < -0.3 is 10.6 Å². The standard InChI is InChI=1S/C10H17N3S2/c1-5-11-8(14)13-9-12-7(6-15-9)10(2,3)4/h6H,5H2,1-4H3,(H2,11,12,13,14). The Labute approximate surface area is 100 Å². The van der Waals surface area contributed by atoms with E-state index in [1.807, 2.05) is 6.92 Å². The molecule has 0 aliphatic rings. The summed E-state index contributed by atoms with van der Waals surface area (Å²) in [5, 5.41) is 9.64. The monoisotopic (exact) mass is 243 g/mol. The Bertz CT molecular complexity index is 339. The molecule has 1 aromatic heterocycles. The molecule has 5 heteroatoms. The molecule has 0 aliphatic heterocycles. The lowest BCUT2D eigenvalue weighted by Gasteiger charge is -2.14. The van der Waals surface area contributed by atoms with Crippen LogP contribution in [-0.4, -0.2) is 16.6 Å². The van der Waals surface area contributed by atoms with E-state index >= 15 is 0 Å². The Morgan fingerprint density at radius 3 is 2.67 bits per heavy atom. The molecule has 0 atom stereocenters. The summed E-state index contributed by atoms with van der Waals surface area (Å²) in [6.45, 7) is 9.27. The molecule has 2 N–H and O–H groups in total. The van der Waals surface area contributed by atoms with Crippen LogP contribution in [0.1, 0.15) is 33.4 Å². The number of aromatic nitrogens is 1. The highest BCUT2D eigenvalue weighted by atomic mass is 32.1. The van der Waals surface area contributed by atoms with Gasteiger partial charge in [-0.25, -0.2) is 4.98 Å². The molecule has 0 fully saturated rings. The molecule has 0 saturated carbocycles. The van der Waals surface area contributed by atoms with Gasteiger partial charge in [0.2, 0.25) is 0 Å². The van der Waals surface area contributed by atoms with Crippen molar-refractivity contribution in [1.82, 2.24) is 10.3 Å². The maximum atomic E-state index is 5.08. The molecule has 0 amide bonds. The fourth-order valence-corrected chi connectivity index (χ4v) is 2.22. The zero-order valence-corrected chi connectivity index (χ0v) is 11.2. The summed E-state index contributed by atoms with van der Waals surface area (Å²) in [7, 11) is 0. The van der Waals surface area contributed by atoms with E-state index in [0.29, 0.717) is 5.11 Å². The van der Waals surface area contributed by atoms with Crippen molar-refractivity contribution in [2.45, 2.75) is 33.1 Å². The number of anilines is 1. The van der Waals surface area contributed by atoms with Crippen molar-refractivity contribution >= 4 is 33.8 Å². The molecule has 1 heterocycles. The second kappa shape index (κ2) is 4.90. The van der Waals surface area contributed by atoms with Crippen molar-refractivity contribution in [2.24, 2.45) is 0 Å². The molecule has 15 heavy (non-hydrogen) atoms. The second-order valence-electron chi connectivity index (χ2n) is 4.27. The van der Waals surface area contributed by atoms with Crippen molar-refractivity contribution in [3.05, 3.63) is 11.1 Å². The molecule has 0 spiro atoms. The minimum Gasteiger partial charge on any atom is -0.363 e. The molecule has 0 aromatic carbocycles. The van der Waals surface area contributed by atoms with Crippen molar-refractivity contribution in [1.29, 1.82) is 0 Å². The molecule has 0 aliphatic carbocycles. The highest BCUT2D eigenvalue weighted by molar-refractivity contribution is 7.80. The predicted octanol–water partition coefficient (Wildman–Crippen LogP) is 2.75. The Morgan fingerprint density at radius 2 is 2.20 bits per heavy atom. The summed E-state index contributed by atoms with van der Waals surface area (Å²) in [4.78, 5) is 4.48. The van der Waals surface area contributed by atoms with E-state index < -0.39 is 0 Å². The molecule has 84 valence electrons. The smallest absolute Gasteiger partial charge is 0.189 e. The first kappa shape index (κ1) is 12.4. The van der Waals surface area contributed by atoms with Gasteiger partial charge in [0.05, 0.1) is 5.69 Å². The second-order valence-corrected chi connectivity index (χ2v) is 5.54. The molecule has 1 aromatic rings. The van der Waals surface area contributed by atoms with Crippen LogP contribution in [-0.2, 0) is 5.41 Å². The first-order chi connectivity index (χ1) is 6.93. The third-order valence-electron chi connectivity index (χ3n) is 1.83. The van der Waals surface area contributed by atoms with Gasteiger partial charge in [0, 0.05) is 17.3 Å². The number of hydrogen-bond donors (Lipinski definition) is 2. The maximum Gasteiger partial charge on any atom is 0.189 e. The molecule has 0 bridgehead atoms. The SMILES string of the molecule is CCNC(=S)Nc1nc(C(C)(C)C)cs1. The van der Waals surface area contributed by atoms with Crippen molar-refractivity contribution in [3.63, 3.8) is 0 Å². The third kappa shape index (κ3) is 3.76. The molecule has 0 saturated heterocycles. The van der Waals surface area contributed by atoms with E-state index in [1.54, 1.807) is 11.3 Å². The first-order valence-corrected chi connectivity index (χ1v) is 6.23. The van der Waals surface area contributed by atoms with E-state index in [9.17, 15) is 0 Å². The zero-order valence-electron chi connectivity index (χ0n) is 9.55. The number of thiocarbonyl (C=S) groups is 1. The number of nitrogens with one attached hydrogen (secondary N) is 2. The van der Waals surface area contributed by atoms with Crippen molar-refractivity contribution < 1.29 is 0 Å². The maximum absolute atomic E-state index is 5.08. The van der Waals surface area contributed by atoms with E-state index in [0.717, 1.165) is 17.4 Å². The normalized spacial score (nSPS) is 11.2. The first-order valence-electron chi connectivity index (χ1n) is 4.94. The third-order valence-corrected chi connectivity index (χ3v) is 2.83. The highest BCUT2D eigenvalue weighted by Gasteiger charge is 2.17. The van der Waals surface area contributed by atoms with Gasteiger partial charge in [-0.15, -0.1) is 11.3 Å². The average molecular weight is 243 g/mol. The van der Waals surface area contributed by atoms with Crippen LogP contribution in [0.2, 0.25) is 0 Å². The van der Waals surface area contributed by atoms with Crippen LogP contribution in [0.25, 0.3) is 0 Å². The van der Waals surface area contributed by atoms with Crippen molar-refractivity contribution in [3.8, 4) is 0 Å². The molecule has 1 rings (SSSR count). The predicted molar refractivity (Wildman–Crippen MR) is 70.7 cm³/mol. The minimum atomic E-state index is 0.0935. The average Bonchev–Trinajstić information content (AvgIpc) is 2.52. The molecular weight excluding hydrogens is 226 g/mol. The lowest BCUT2D eigenvalue weighted by atomic mass is 9.93. The molecule has 0 unspecified atom stereocenters. The Morgan fingerprint density at radius 1 is 1.53 bits per heavy atom. The van der Waals surface area contributed by atoms with Crippen LogP contribution < -0.4 is 10.6 Å². The van der Waals surface area contributed by atoms with E-state index in [-0.39, 0.29) is 5.41 Å². The molecule has 3 nitrogen and oxygen atoms in total. The summed E-state index contributed by atoms with van der Waals surface area (Å²) in [5.74, 6) is 0. The topological polar surface area (TPSA) is 37.0 Å². The van der Waals surface area contributed by atoms with Crippen LogP contribution in [0.3, 0.4) is 0 Å².